The van der Waals surface area contributed by atoms with Crippen molar-refractivity contribution in [1.29, 1.82) is 0 Å². The summed E-state index contributed by atoms with van der Waals surface area (Å²) in [5.74, 6) is 1.81. The Bertz CT molecular complexity index is 80.6. The lowest BCUT2D eigenvalue weighted by molar-refractivity contribution is 0.386. The highest BCUT2D eigenvalue weighted by molar-refractivity contribution is 4.83. The van der Waals surface area contributed by atoms with Crippen LogP contribution >= 0.6 is 0 Å². The van der Waals surface area contributed by atoms with Gasteiger partial charge in [-0.1, -0.05) is 20.3 Å². The van der Waals surface area contributed by atoms with Crippen LogP contribution < -0.4 is 5.32 Å². The summed E-state index contributed by atoms with van der Waals surface area (Å²) >= 11 is 0. The van der Waals surface area contributed by atoms with Gasteiger partial charge in [-0.2, -0.15) is 0 Å². The van der Waals surface area contributed by atoms with Gasteiger partial charge in [-0.25, -0.2) is 0 Å². The normalized spacial score (nSPS) is 43.7. The van der Waals surface area contributed by atoms with Crippen LogP contribution in [0.15, 0.2) is 0 Å². The zero-order valence-corrected chi connectivity index (χ0v) is 6.65. The standard InChI is InChI=1S/C8H17N/c1-4-8-6(2)5-9-7(8)3/h6-9H,4-5H2,1-3H3/t6-,7+,8+/m0/s1. The third-order valence-corrected chi connectivity index (χ3v) is 2.61. The van der Waals surface area contributed by atoms with E-state index in [1.165, 1.54) is 13.0 Å². The molecule has 1 saturated heterocycles. The van der Waals surface area contributed by atoms with Gasteiger partial charge in [0.2, 0.25) is 0 Å². The zero-order valence-electron chi connectivity index (χ0n) is 6.65. The maximum Gasteiger partial charge on any atom is 0.00700 e. The Kier molecular flexibility index (Phi) is 2.12. The molecule has 1 heterocycles. The first kappa shape index (κ1) is 7.07. The molecule has 0 amide bonds. The minimum Gasteiger partial charge on any atom is -0.314 e. The molecule has 1 heteroatoms. The average Bonchev–Trinajstić information content (AvgIpc) is 2.12. The first-order chi connectivity index (χ1) is 4.25. The molecule has 0 aromatic carbocycles. The fourth-order valence-electron chi connectivity index (χ4n) is 1.92. The molecule has 0 aromatic rings. The van der Waals surface area contributed by atoms with Crippen LogP contribution in [0.25, 0.3) is 0 Å². The Balaban J connectivity index is 2.44. The van der Waals surface area contributed by atoms with E-state index in [4.69, 9.17) is 0 Å². The highest BCUT2D eigenvalue weighted by Gasteiger charge is 2.27. The van der Waals surface area contributed by atoms with E-state index in [-0.39, 0.29) is 0 Å². The van der Waals surface area contributed by atoms with Crippen LogP contribution in [-0.2, 0) is 0 Å². The van der Waals surface area contributed by atoms with Gasteiger partial charge in [-0.3, -0.25) is 0 Å². The lowest BCUT2D eigenvalue weighted by atomic mass is 9.91. The van der Waals surface area contributed by atoms with Crippen LogP contribution in [0.3, 0.4) is 0 Å². The quantitative estimate of drug-likeness (QED) is 0.564. The molecule has 0 radical (unpaired) electrons. The molecular formula is C8H17N. The summed E-state index contributed by atoms with van der Waals surface area (Å²) in [6, 6.07) is 0.755. The smallest absolute Gasteiger partial charge is 0.00700 e. The summed E-state index contributed by atoms with van der Waals surface area (Å²) in [4.78, 5) is 0. The van der Waals surface area contributed by atoms with E-state index in [9.17, 15) is 0 Å². The predicted octanol–water partition coefficient (Wildman–Crippen LogP) is 1.64. The van der Waals surface area contributed by atoms with Crippen LogP contribution in [0, 0.1) is 11.8 Å². The summed E-state index contributed by atoms with van der Waals surface area (Å²) in [6.07, 6.45) is 1.33. The van der Waals surface area contributed by atoms with E-state index in [0.29, 0.717) is 0 Å². The van der Waals surface area contributed by atoms with E-state index < -0.39 is 0 Å². The lowest BCUT2D eigenvalue weighted by Crippen LogP contribution is -2.22. The first-order valence-electron chi connectivity index (χ1n) is 3.99. The van der Waals surface area contributed by atoms with Crippen molar-refractivity contribution in [1.82, 2.24) is 5.32 Å². The molecule has 0 aromatic heterocycles. The van der Waals surface area contributed by atoms with Crippen LogP contribution in [0.2, 0.25) is 0 Å². The summed E-state index contributed by atoms with van der Waals surface area (Å²) in [7, 11) is 0. The average molecular weight is 127 g/mol. The van der Waals surface area contributed by atoms with Crippen molar-refractivity contribution in [2.45, 2.75) is 33.2 Å². The molecule has 1 rings (SSSR count). The fraction of sp³-hybridized carbons (Fsp3) is 1.00. The third kappa shape index (κ3) is 1.26. The Morgan fingerprint density at radius 1 is 1.44 bits per heavy atom. The van der Waals surface area contributed by atoms with Crippen LogP contribution in [0.1, 0.15) is 27.2 Å². The van der Waals surface area contributed by atoms with E-state index in [1.54, 1.807) is 0 Å². The van der Waals surface area contributed by atoms with E-state index >= 15 is 0 Å². The van der Waals surface area contributed by atoms with E-state index in [2.05, 4.69) is 26.1 Å². The summed E-state index contributed by atoms with van der Waals surface area (Å²) in [5, 5.41) is 3.47. The number of rotatable bonds is 1. The van der Waals surface area contributed by atoms with Crippen LogP contribution in [-0.4, -0.2) is 12.6 Å². The molecule has 1 nitrogen and oxygen atoms in total. The van der Waals surface area contributed by atoms with Gasteiger partial charge in [0.05, 0.1) is 0 Å². The highest BCUT2D eigenvalue weighted by Crippen LogP contribution is 2.24. The second-order valence-corrected chi connectivity index (χ2v) is 3.25. The van der Waals surface area contributed by atoms with Gasteiger partial charge >= 0.3 is 0 Å². The van der Waals surface area contributed by atoms with Gasteiger partial charge in [-0.05, 0) is 25.3 Å². The van der Waals surface area contributed by atoms with Gasteiger partial charge in [-0.15, -0.1) is 0 Å². The molecule has 1 aliphatic rings. The minimum absolute atomic E-state index is 0.755. The summed E-state index contributed by atoms with van der Waals surface area (Å²) in [5.41, 5.74) is 0. The molecule has 54 valence electrons. The van der Waals surface area contributed by atoms with Crippen molar-refractivity contribution in [3.63, 3.8) is 0 Å². The van der Waals surface area contributed by atoms with Gasteiger partial charge in [0.15, 0.2) is 0 Å². The molecule has 0 unspecified atom stereocenters. The Labute approximate surface area is 57.8 Å². The van der Waals surface area contributed by atoms with Gasteiger partial charge < -0.3 is 5.32 Å². The van der Waals surface area contributed by atoms with Crippen molar-refractivity contribution in [3.05, 3.63) is 0 Å². The van der Waals surface area contributed by atoms with Crippen LogP contribution in [0.5, 0.6) is 0 Å². The molecule has 1 fully saturated rings. The zero-order chi connectivity index (χ0) is 6.85. The molecule has 0 spiro atoms. The highest BCUT2D eigenvalue weighted by atomic mass is 15.0. The van der Waals surface area contributed by atoms with E-state index in [1.807, 2.05) is 0 Å². The van der Waals surface area contributed by atoms with Gasteiger partial charge in [0.1, 0.15) is 0 Å². The van der Waals surface area contributed by atoms with Crippen molar-refractivity contribution >= 4 is 0 Å². The van der Waals surface area contributed by atoms with Gasteiger partial charge in [0.25, 0.3) is 0 Å². The third-order valence-electron chi connectivity index (χ3n) is 2.61. The Morgan fingerprint density at radius 3 is 2.33 bits per heavy atom. The largest absolute Gasteiger partial charge is 0.314 e. The number of hydrogen-bond donors (Lipinski definition) is 1. The van der Waals surface area contributed by atoms with Crippen molar-refractivity contribution in [2.24, 2.45) is 11.8 Å². The molecule has 0 aliphatic carbocycles. The predicted molar refractivity (Wildman–Crippen MR) is 40.4 cm³/mol. The molecule has 1 aliphatic heterocycles. The molecule has 0 saturated carbocycles. The lowest BCUT2D eigenvalue weighted by Gasteiger charge is -2.15. The number of nitrogens with one attached hydrogen (secondary N) is 1. The topological polar surface area (TPSA) is 12.0 Å². The van der Waals surface area contributed by atoms with Gasteiger partial charge in [0, 0.05) is 6.04 Å². The van der Waals surface area contributed by atoms with Crippen molar-refractivity contribution < 1.29 is 0 Å². The molecule has 3 atom stereocenters. The first-order valence-corrected chi connectivity index (χ1v) is 3.99. The second kappa shape index (κ2) is 2.70. The molecular weight excluding hydrogens is 110 g/mol. The fourth-order valence-corrected chi connectivity index (χ4v) is 1.92. The monoisotopic (exact) mass is 127 g/mol. The van der Waals surface area contributed by atoms with Crippen molar-refractivity contribution in [3.8, 4) is 0 Å². The van der Waals surface area contributed by atoms with E-state index in [0.717, 1.165) is 17.9 Å². The summed E-state index contributed by atoms with van der Waals surface area (Å²) in [6.45, 7) is 8.13. The maximum atomic E-state index is 3.47. The minimum atomic E-state index is 0.755. The van der Waals surface area contributed by atoms with Crippen molar-refractivity contribution in [2.75, 3.05) is 6.54 Å². The molecule has 0 bridgehead atoms. The molecule has 1 N–H and O–H groups in total. The Hall–Kier alpha value is -0.0400. The summed E-state index contributed by atoms with van der Waals surface area (Å²) < 4.78 is 0. The maximum absolute atomic E-state index is 3.47. The Morgan fingerprint density at radius 2 is 2.11 bits per heavy atom. The number of hydrogen-bond acceptors (Lipinski definition) is 1. The molecule has 9 heavy (non-hydrogen) atoms. The second-order valence-electron chi connectivity index (χ2n) is 3.25. The SMILES string of the molecule is CC[C@@H]1[C@@H](C)CN[C@@H]1C. The van der Waals surface area contributed by atoms with Crippen LogP contribution in [0.4, 0.5) is 0 Å².